The van der Waals surface area contributed by atoms with Crippen LogP contribution in [0.3, 0.4) is 0 Å². The molecule has 2 aromatic rings. The van der Waals surface area contributed by atoms with Gasteiger partial charge in [-0.2, -0.15) is 0 Å². The summed E-state index contributed by atoms with van der Waals surface area (Å²) in [7, 11) is 1.84. The molecule has 0 saturated heterocycles. The minimum absolute atomic E-state index is 0.147. The van der Waals surface area contributed by atoms with Crippen LogP contribution in [0.4, 0.5) is 8.78 Å². The number of benzene rings is 2. The van der Waals surface area contributed by atoms with Crippen LogP contribution in [0.25, 0.3) is 0 Å². The zero-order valence-corrected chi connectivity index (χ0v) is 9.91. The normalized spacial score (nSPS) is 10.4. The van der Waals surface area contributed by atoms with Gasteiger partial charge in [0.25, 0.3) is 0 Å². The third-order valence-electron chi connectivity index (χ3n) is 2.35. The standard InChI is InChI=1S/C14H13F2NO/c1-17-9-10-3-2-4-13(5-10)18-14-7-11(15)6-12(16)8-14/h2-8,17H,9H2,1H3. The van der Waals surface area contributed by atoms with Crippen molar-refractivity contribution in [1.29, 1.82) is 0 Å². The van der Waals surface area contributed by atoms with Crippen molar-refractivity contribution < 1.29 is 13.5 Å². The largest absolute Gasteiger partial charge is 0.457 e. The van der Waals surface area contributed by atoms with Gasteiger partial charge in [0.2, 0.25) is 0 Å². The second-order valence-electron chi connectivity index (χ2n) is 3.88. The Hall–Kier alpha value is -1.94. The van der Waals surface area contributed by atoms with E-state index in [1.165, 1.54) is 0 Å². The molecule has 0 aliphatic heterocycles. The van der Waals surface area contributed by atoms with Crippen molar-refractivity contribution in [3.05, 3.63) is 59.7 Å². The first kappa shape index (κ1) is 12.5. The summed E-state index contributed by atoms with van der Waals surface area (Å²) in [5, 5.41) is 3.02. The van der Waals surface area contributed by atoms with Crippen LogP contribution in [0.5, 0.6) is 11.5 Å². The Morgan fingerprint density at radius 2 is 1.72 bits per heavy atom. The first-order chi connectivity index (χ1) is 8.67. The molecule has 0 radical (unpaired) electrons. The molecule has 0 bridgehead atoms. The number of nitrogens with one attached hydrogen (secondary N) is 1. The summed E-state index contributed by atoms with van der Waals surface area (Å²) in [4.78, 5) is 0. The van der Waals surface area contributed by atoms with Gasteiger partial charge in [-0.25, -0.2) is 8.78 Å². The molecule has 0 aliphatic carbocycles. The number of hydrogen-bond acceptors (Lipinski definition) is 2. The van der Waals surface area contributed by atoms with E-state index in [9.17, 15) is 8.78 Å². The zero-order valence-electron chi connectivity index (χ0n) is 9.91. The fourth-order valence-corrected chi connectivity index (χ4v) is 1.65. The smallest absolute Gasteiger partial charge is 0.133 e. The zero-order chi connectivity index (χ0) is 13.0. The Morgan fingerprint density at radius 3 is 2.39 bits per heavy atom. The molecule has 0 atom stereocenters. The predicted molar refractivity (Wildman–Crippen MR) is 65.6 cm³/mol. The van der Waals surface area contributed by atoms with Gasteiger partial charge >= 0.3 is 0 Å². The Bertz CT molecular complexity index is 523. The van der Waals surface area contributed by atoms with Crippen molar-refractivity contribution in [1.82, 2.24) is 5.32 Å². The summed E-state index contributed by atoms with van der Waals surface area (Å²) >= 11 is 0. The predicted octanol–water partition coefficient (Wildman–Crippen LogP) is 3.48. The lowest BCUT2D eigenvalue weighted by molar-refractivity contribution is 0.467. The topological polar surface area (TPSA) is 21.3 Å². The van der Waals surface area contributed by atoms with Gasteiger partial charge < -0.3 is 10.1 Å². The third kappa shape index (κ3) is 3.28. The van der Waals surface area contributed by atoms with Gasteiger partial charge in [-0.05, 0) is 24.7 Å². The van der Waals surface area contributed by atoms with Crippen LogP contribution in [0, 0.1) is 11.6 Å². The molecule has 0 fully saturated rings. The molecule has 2 rings (SSSR count). The SMILES string of the molecule is CNCc1cccc(Oc2cc(F)cc(F)c2)c1. The first-order valence-corrected chi connectivity index (χ1v) is 5.55. The molecule has 0 aromatic heterocycles. The van der Waals surface area contributed by atoms with Crippen LogP contribution >= 0.6 is 0 Å². The van der Waals surface area contributed by atoms with Crippen LogP contribution < -0.4 is 10.1 Å². The van der Waals surface area contributed by atoms with E-state index in [2.05, 4.69) is 5.32 Å². The lowest BCUT2D eigenvalue weighted by Crippen LogP contribution is -2.04. The Kier molecular flexibility index (Phi) is 3.89. The van der Waals surface area contributed by atoms with E-state index in [-0.39, 0.29) is 5.75 Å². The van der Waals surface area contributed by atoms with Gasteiger partial charge in [-0.3, -0.25) is 0 Å². The molecule has 0 amide bonds. The molecule has 0 unspecified atom stereocenters. The van der Waals surface area contributed by atoms with Gasteiger partial charge in [0.05, 0.1) is 0 Å². The monoisotopic (exact) mass is 249 g/mol. The maximum absolute atomic E-state index is 13.0. The van der Waals surface area contributed by atoms with E-state index >= 15 is 0 Å². The van der Waals surface area contributed by atoms with Crippen molar-refractivity contribution in [3.63, 3.8) is 0 Å². The van der Waals surface area contributed by atoms with Gasteiger partial charge in [0.1, 0.15) is 23.1 Å². The second kappa shape index (κ2) is 5.60. The van der Waals surface area contributed by atoms with Crippen molar-refractivity contribution in [3.8, 4) is 11.5 Å². The van der Waals surface area contributed by atoms with Crippen molar-refractivity contribution >= 4 is 0 Å². The number of ether oxygens (including phenoxy) is 1. The number of halogens is 2. The molecule has 2 nitrogen and oxygen atoms in total. The van der Waals surface area contributed by atoms with E-state index in [0.717, 1.165) is 23.8 Å². The minimum Gasteiger partial charge on any atom is -0.457 e. The molecule has 1 N–H and O–H groups in total. The highest BCUT2D eigenvalue weighted by Crippen LogP contribution is 2.23. The summed E-state index contributed by atoms with van der Waals surface area (Å²) in [6.45, 7) is 0.703. The quantitative estimate of drug-likeness (QED) is 0.895. The Morgan fingerprint density at radius 1 is 1.00 bits per heavy atom. The Labute approximate surface area is 104 Å². The minimum atomic E-state index is -0.656. The molecule has 18 heavy (non-hydrogen) atoms. The fourth-order valence-electron chi connectivity index (χ4n) is 1.65. The molecule has 0 aliphatic rings. The molecule has 4 heteroatoms. The highest BCUT2D eigenvalue weighted by Gasteiger charge is 2.03. The van der Waals surface area contributed by atoms with E-state index in [1.807, 2.05) is 25.2 Å². The van der Waals surface area contributed by atoms with Crippen LogP contribution in [0.2, 0.25) is 0 Å². The van der Waals surface area contributed by atoms with E-state index in [4.69, 9.17) is 4.74 Å². The maximum atomic E-state index is 13.0. The van der Waals surface area contributed by atoms with Gasteiger partial charge in [-0.15, -0.1) is 0 Å². The van der Waals surface area contributed by atoms with Crippen molar-refractivity contribution in [2.75, 3.05) is 7.05 Å². The summed E-state index contributed by atoms with van der Waals surface area (Å²) in [5.74, 6) is -0.616. The summed E-state index contributed by atoms with van der Waals surface area (Å²) in [5.41, 5.74) is 1.03. The third-order valence-corrected chi connectivity index (χ3v) is 2.35. The number of rotatable bonds is 4. The molecule has 0 saturated carbocycles. The average molecular weight is 249 g/mol. The van der Waals surface area contributed by atoms with E-state index in [0.29, 0.717) is 12.3 Å². The highest BCUT2D eigenvalue weighted by atomic mass is 19.1. The average Bonchev–Trinajstić information content (AvgIpc) is 2.28. The molecule has 0 heterocycles. The lowest BCUT2D eigenvalue weighted by Gasteiger charge is -2.08. The van der Waals surface area contributed by atoms with Crippen LogP contribution in [-0.4, -0.2) is 7.05 Å². The molecular formula is C14H13F2NO. The maximum Gasteiger partial charge on any atom is 0.133 e. The first-order valence-electron chi connectivity index (χ1n) is 5.55. The van der Waals surface area contributed by atoms with Gasteiger partial charge in [0, 0.05) is 24.7 Å². The molecular weight excluding hydrogens is 236 g/mol. The van der Waals surface area contributed by atoms with E-state index in [1.54, 1.807) is 6.07 Å². The fraction of sp³-hybridized carbons (Fsp3) is 0.143. The van der Waals surface area contributed by atoms with Crippen molar-refractivity contribution in [2.24, 2.45) is 0 Å². The highest BCUT2D eigenvalue weighted by molar-refractivity contribution is 5.34. The molecule has 2 aromatic carbocycles. The number of hydrogen-bond donors (Lipinski definition) is 1. The summed E-state index contributed by atoms with van der Waals surface area (Å²) in [6.07, 6.45) is 0. The van der Waals surface area contributed by atoms with Gasteiger partial charge in [-0.1, -0.05) is 12.1 Å². The van der Waals surface area contributed by atoms with Crippen LogP contribution in [-0.2, 0) is 6.54 Å². The second-order valence-corrected chi connectivity index (χ2v) is 3.88. The molecule has 0 spiro atoms. The Balaban J connectivity index is 2.20. The van der Waals surface area contributed by atoms with Crippen LogP contribution in [0.1, 0.15) is 5.56 Å². The van der Waals surface area contributed by atoms with Crippen molar-refractivity contribution in [2.45, 2.75) is 6.54 Å². The summed E-state index contributed by atoms with van der Waals surface area (Å²) in [6, 6.07) is 10.4. The lowest BCUT2D eigenvalue weighted by atomic mass is 10.2. The molecule has 94 valence electrons. The summed E-state index contributed by atoms with van der Waals surface area (Å²) < 4.78 is 31.4. The van der Waals surface area contributed by atoms with E-state index < -0.39 is 11.6 Å². The van der Waals surface area contributed by atoms with Crippen LogP contribution in [0.15, 0.2) is 42.5 Å². The van der Waals surface area contributed by atoms with Gasteiger partial charge in [0.15, 0.2) is 0 Å².